The van der Waals surface area contributed by atoms with Gasteiger partial charge in [0.05, 0.1) is 41.0 Å². The normalized spacial score (nSPS) is 25.7. The maximum Gasteiger partial charge on any atom is 0.251 e. The molecule has 3 heterocycles. The van der Waals surface area contributed by atoms with E-state index in [1.807, 2.05) is 23.7 Å². The molecule has 4 rings (SSSR count). The van der Waals surface area contributed by atoms with Crippen molar-refractivity contribution in [3.05, 3.63) is 29.3 Å². The zero-order valence-electron chi connectivity index (χ0n) is 13.0. The summed E-state index contributed by atoms with van der Waals surface area (Å²) in [4.78, 5) is 19.3. The lowest BCUT2D eigenvalue weighted by Crippen LogP contribution is -2.52. The Morgan fingerprint density at radius 1 is 1.26 bits per heavy atom. The van der Waals surface area contributed by atoms with Gasteiger partial charge in [-0.25, -0.2) is 4.98 Å². The minimum absolute atomic E-state index is 0.0302. The highest BCUT2D eigenvalue weighted by Gasteiger charge is 2.34. The van der Waals surface area contributed by atoms with Gasteiger partial charge in [-0.15, -0.1) is 11.3 Å². The molecule has 0 radical (unpaired) electrons. The van der Waals surface area contributed by atoms with Crippen LogP contribution in [0.15, 0.2) is 23.7 Å². The van der Waals surface area contributed by atoms with E-state index in [0.29, 0.717) is 18.2 Å². The Hall–Kier alpha value is -1.50. The smallest absolute Gasteiger partial charge is 0.251 e. The lowest BCUT2D eigenvalue weighted by atomic mass is 10.0. The molecule has 0 saturated carbocycles. The number of fused-ring (bicyclic) bond motifs is 1. The van der Waals surface area contributed by atoms with E-state index < -0.39 is 0 Å². The number of rotatable bonds is 3. The van der Waals surface area contributed by atoms with Crippen molar-refractivity contribution in [1.29, 1.82) is 0 Å². The Bertz CT molecular complexity index is 696. The molecule has 122 valence electrons. The van der Waals surface area contributed by atoms with Crippen molar-refractivity contribution in [3.63, 3.8) is 0 Å². The molecule has 2 fully saturated rings. The van der Waals surface area contributed by atoms with Crippen molar-refractivity contribution in [2.24, 2.45) is 0 Å². The van der Waals surface area contributed by atoms with E-state index in [0.717, 1.165) is 29.9 Å². The van der Waals surface area contributed by atoms with Crippen LogP contribution in [0.3, 0.4) is 0 Å². The summed E-state index contributed by atoms with van der Waals surface area (Å²) in [7, 11) is 0. The van der Waals surface area contributed by atoms with Crippen molar-refractivity contribution in [2.75, 3.05) is 26.3 Å². The third-order valence-electron chi connectivity index (χ3n) is 4.82. The number of nitrogens with one attached hydrogen (secondary N) is 1. The summed E-state index contributed by atoms with van der Waals surface area (Å²) in [5.41, 5.74) is 3.37. The first-order valence-electron chi connectivity index (χ1n) is 8.27. The van der Waals surface area contributed by atoms with E-state index in [1.165, 1.54) is 19.3 Å². The average molecular weight is 331 g/mol. The number of carbonyl (C=O) groups excluding carboxylic acids is 1. The molecule has 5 nitrogen and oxygen atoms in total. The lowest BCUT2D eigenvalue weighted by molar-refractivity contribution is 0.0900. The van der Waals surface area contributed by atoms with Crippen molar-refractivity contribution >= 4 is 27.5 Å². The zero-order valence-corrected chi connectivity index (χ0v) is 13.8. The van der Waals surface area contributed by atoms with Gasteiger partial charge in [-0.3, -0.25) is 9.69 Å². The Morgan fingerprint density at radius 2 is 2.13 bits per heavy atom. The fourth-order valence-electron chi connectivity index (χ4n) is 3.54. The Morgan fingerprint density at radius 3 is 3.00 bits per heavy atom. The predicted molar refractivity (Wildman–Crippen MR) is 90.9 cm³/mol. The predicted octanol–water partition coefficient (Wildman–Crippen LogP) is 2.28. The van der Waals surface area contributed by atoms with E-state index in [4.69, 9.17) is 4.74 Å². The van der Waals surface area contributed by atoms with Crippen LogP contribution < -0.4 is 5.32 Å². The number of piperidine rings is 1. The molecule has 1 aromatic carbocycles. The van der Waals surface area contributed by atoms with Crippen molar-refractivity contribution in [1.82, 2.24) is 15.2 Å². The van der Waals surface area contributed by atoms with Crippen molar-refractivity contribution in [3.8, 4) is 0 Å². The van der Waals surface area contributed by atoms with Crippen LogP contribution in [-0.2, 0) is 4.74 Å². The van der Waals surface area contributed by atoms with Crippen LogP contribution in [0.4, 0.5) is 0 Å². The van der Waals surface area contributed by atoms with E-state index in [2.05, 4.69) is 15.2 Å². The third-order valence-corrected chi connectivity index (χ3v) is 5.63. The van der Waals surface area contributed by atoms with Crippen molar-refractivity contribution < 1.29 is 9.53 Å². The van der Waals surface area contributed by atoms with Crippen molar-refractivity contribution in [2.45, 2.75) is 31.3 Å². The number of ether oxygens (including phenoxy) is 1. The van der Waals surface area contributed by atoms with Gasteiger partial charge in [0, 0.05) is 5.56 Å². The molecule has 6 heteroatoms. The second kappa shape index (κ2) is 6.55. The molecule has 2 atom stereocenters. The monoisotopic (exact) mass is 331 g/mol. The molecule has 0 spiro atoms. The lowest BCUT2D eigenvalue weighted by Gasteiger charge is -2.34. The Kier molecular flexibility index (Phi) is 4.29. The molecule has 1 aromatic heterocycles. The van der Waals surface area contributed by atoms with Crippen LogP contribution in [-0.4, -0.2) is 54.2 Å². The maximum atomic E-state index is 12.6. The average Bonchev–Trinajstić information content (AvgIpc) is 3.23. The molecule has 1 N–H and O–H groups in total. The fraction of sp³-hybridized carbons (Fsp3) is 0.529. The van der Waals surface area contributed by atoms with Crippen LogP contribution in [0.5, 0.6) is 0 Å². The number of hydrogen-bond donors (Lipinski definition) is 1. The summed E-state index contributed by atoms with van der Waals surface area (Å²) in [6.07, 6.45) is 3.81. The van der Waals surface area contributed by atoms with Gasteiger partial charge in [-0.05, 0) is 44.1 Å². The van der Waals surface area contributed by atoms with E-state index in [1.54, 1.807) is 11.3 Å². The highest BCUT2D eigenvalue weighted by molar-refractivity contribution is 7.16. The van der Waals surface area contributed by atoms with Crippen LogP contribution in [0.25, 0.3) is 10.2 Å². The summed E-state index contributed by atoms with van der Waals surface area (Å²) in [6, 6.07) is 6.10. The molecule has 2 aliphatic heterocycles. The Labute approximate surface area is 139 Å². The number of hydrogen-bond acceptors (Lipinski definition) is 5. The standard InChI is InChI=1S/C17H21N3O2S/c21-17(12-4-5-16-13(8-12)18-11-23-16)19-14-9-22-10-15(14)20-6-2-1-3-7-20/h4-5,8,11,14-15H,1-3,6-7,9-10H2,(H,19,21)/t14-,15-/m0/s1. The van der Waals surface area contributed by atoms with E-state index in [-0.39, 0.29) is 11.9 Å². The minimum Gasteiger partial charge on any atom is -0.378 e. The number of amides is 1. The molecule has 0 aliphatic carbocycles. The van der Waals surface area contributed by atoms with Gasteiger partial charge in [0.2, 0.25) is 0 Å². The van der Waals surface area contributed by atoms with Crippen LogP contribution in [0.1, 0.15) is 29.6 Å². The van der Waals surface area contributed by atoms with Crippen LogP contribution >= 0.6 is 11.3 Å². The number of thiazole rings is 1. The first-order valence-corrected chi connectivity index (χ1v) is 9.15. The number of carbonyl (C=O) groups is 1. The summed E-state index contributed by atoms with van der Waals surface area (Å²) in [5, 5.41) is 3.17. The molecular formula is C17H21N3O2S. The molecule has 2 aliphatic rings. The summed E-state index contributed by atoms with van der Waals surface area (Å²) >= 11 is 1.59. The number of benzene rings is 1. The minimum atomic E-state index is -0.0302. The molecule has 0 unspecified atom stereocenters. The third kappa shape index (κ3) is 3.11. The largest absolute Gasteiger partial charge is 0.378 e. The van der Waals surface area contributed by atoms with Gasteiger partial charge in [-0.2, -0.15) is 0 Å². The zero-order chi connectivity index (χ0) is 15.6. The SMILES string of the molecule is O=C(N[C@H]1COC[C@@H]1N1CCCCC1)c1ccc2scnc2c1. The fourth-order valence-corrected chi connectivity index (χ4v) is 4.20. The van der Waals surface area contributed by atoms with Crippen LogP contribution in [0.2, 0.25) is 0 Å². The summed E-state index contributed by atoms with van der Waals surface area (Å²) in [6.45, 7) is 3.55. The molecule has 1 amide bonds. The molecular weight excluding hydrogens is 310 g/mol. The first-order chi connectivity index (χ1) is 11.3. The topological polar surface area (TPSA) is 54.5 Å². The van der Waals surface area contributed by atoms with Crippen LogP contribution in [0, 0.1) is 0 Å². The molecule has 0 bridgehead atoms. The van der Waals surface area contributed by atoms with Gasteiger partial charge < -0.3 is 10.1 Å². The van der Waals surface area contributed by atoms with E-state index in [9.17, 15) is 4.79 Å². The van der Waals surface area contributed by atoms with Gasteiger partial charge in [0.1, 0.15) is 0 Å². The van der Waals surface area contributed by atoms with Gasteiger partial charge in [0.15, 0.2) is 0 Å². The highest BCUT2D eigenvalue weighted by atomic mass is 32.1. The molecule has 23 heavy (non-hydrogen) atoms. The highest BCUT2D eigenvalue weighted by Crippen LogP contribution is 2.21. The first kappa shape index (κ1) is 15.1. The van der Waals surface area contributed by atoms with Gasteiger partial charge in [0.25, 0.3) is 5.91 Å². The summed E-state index contributed by atoms with van der Waals surface area (Å²) in [5.74, 6) is -0.0302. The van der Waals surface area contributed by atoms with Gasteiger partial charge >= 0.3 is 0 Å². The Balaban J connectivity index is 1.46. The molecule has 2 saturated heterocycles. The second-order valence-corrected chi connectivity index (χ2v) is 7.20. The number of aromatic nitrogens is 1. The number of nitrogens with zero attached hydrogens (tertiary/aromatic N) is 2. The summed E-state index contributed by atoms with van der Waals surface area (Å²) < 4.78 is 6.76. The quantitative estimate of drug-likeness (QED) is 0.937. The number of likely N-dealkylation sites (tertiary alicyclic amines) is 1. The van der Waals surface area contributed by atoms with E-state index >= 15 is 0 Å². The second-order valence-electron chi connectivity index (χ2n) is 6.32. The maximum absolute atomic E-state index is 12.6. The van der Waals surface area contributed by atoms with Gasteiger partial charge in [-0.1, -0.05) is 6.42 Å². The molecule has 2 aromatic rings.